The molecule has 0 aliphatic carbocycles. The number of hydrogen-bond acceptors (Lipinski definition) is 1. The van der Waals surface area contributed by atoms with Gasteiger partial charge in [0, 0.05) is 0 Å². The second-order valence-electron chi connectivity index (χ2n) is 3.71. The molecule has 1 aromatic rings. The van der Waals surface area contributed by atoms with Gasteiger partial charge < -0.3 is 5.11 Å². The quantitative estimate of drug-likeness (QED) is 0.852. The Morgan fingerprint density at radius 1 is 1.33 bits per heavy atom. The molecule has 0 amide bonds. The smallest absolute Gasteiger partial charge is 0.0647 e. The average molecular weight is 245 g/mol. The van der Waals surface area contributed by atoms with Gasteiger partial charge in [0.2, 0.25) is 0 Å². The van der Waals surface area contributed by atoms with Gasteiger partial charge in [-0.1, -0.05) is 49.2 Å². The van der Waals surface area contributed by atoms with Crippen molar-refractivity contribution < 1.29 is 5.11 Å². The second kappa shape index (κ2) is 5.55. The van der Waals surface area contributed by atoms with Crippen molar-refractivity contribution >= 4 is 29.3 Å². The fraction of sp³-hybridized carbons (Fsp3) is 0.333. The molecule has 0 radical (unpaired) electrons. The highest BCUT2D eigenvalue weighted by molar-refractivity contribution is 6.42. The minimum Gasteiger partial charge on any atom is -0.392 e. The maximum Gasteiger partial charge on any atom is 0.0647 e. The number of hydrogen-bond donors (Lipinski definition) is 1. The predicted molar refractivity (Wildman–Crippen MR) is 66.4 cm³/mol. The molecule has 1 nitrogen and oxygen atoms in total. The molecule has 1 N–H and O–H groups in total. The molecule has 1 rings (SSSR count). The molecular formula is C12H14Cl2O. The highest BCUT2D eigenvalue weighted by Gasteiger charge is 2.03. The van der Waals surface area contributed by atoms with E-state index in [2.05, 4.69) is 0 Å². The third kappa shape index (κ3) is 3.53. The molecule has 3 heteroatoms. The maximum absolute atomic E-state index is 9.15. The molecular weight excluding hydrogens is 231 g/mol. The summed E-state index contributed by atoms with van der Waals surface area (Å²) < 4.78 is 0. The topological polar surface area (TPSA) is 20.2 Å². The number of aliphatic hydroxyl groups excluding tert-OH is 1. The first-order valence-corrected chi connectivity index (χ1v) is 5.56. The van der Waals surface area contributed by atoms with Crippen molar-refractivity contribution in [2.24, 2.45) is 5.92 Å². The van der Waals surface area contributed by atoms with Gasteiger partial charge in [-0.05, 0) is 29.2 Å². The van der Waals surface area contributed by atoms with Gasteiger partial charge in [-0.3, -0.25) is 0 Å². The van der Waals surface area contributed by atoms with Crippen LogP contribution in [-0.4, -0.2) is 11.7 Å². The van der Waals surface area contributed by atoms with Crippen LogP contribution in [0.4, 0.5) is 0 Å². The van der Waals surface area contributed by atoms with Crippen molar-refractivity contribution in [2.45, 2.75) is 13.8 Å². The zero-order chi connectivity index (χ0) is 11.4. The molecule has 0 fully saturated rings. The van der Waals surface area contributed by atoms with E-state index in [1.807, 2.05) is 26.0 Å². The summed E-state index contributed by atoms with van der Waals surface area (Å²) in [6, 6.07) is 5.43. The van der Waals surface area contributed by atoms with Gasteiger partial charge in [-0.25, -0.2) is 0 Å². The van der Waals surface area contributed by atoms with Crippen LogP contribution in [0.5, 0.6) is 0 Å². The van der Waals surface area contributed by atoms with E-state index in [0.717, 1.165) is 11.1 Å². The lowest BCUT2D eigenvalue weighted by atomic mass is 10.0. The largest absolute Gasteiger partial charge is 0.392 e. The van der Waals surface area contributed by atoms with Crippen LogP contribution in [0, 0.1) is 5.92 Å². The van der Waals surface area contributed by atoms with Crippen LogP contribution >= 0.6 is 23.2 Å². The lowest BCUT2D eigenvalue weighted by Gasteiger charge is -2.08. The van der Waals surface area contributed by atoms with Crippen molar-refractivity contribution in [1.29, 1.82) is 0 Å². The molecule has 0 unspecified atom stereocenters. The van der Waals surface area contributed by atoms with Crippen LogP contribution in [0.25, 0.3) is 6.08 Å². The Morgan fingerprint density at radius 2 is 2.00 bits per heavy atom. The summed E-state index contributed by atoms with van der Waals surface area (Å²) in [5.74, 6) is 0.324. The van der Waals surface area contributed by atoms with Crippen molar-refractivity contribution in [1.82, 2.24) is 0 Å². The Balaban J connectivity index is 3.01. The Bertz CT molecular complexity index is 370. The van der Waals surface area contributed by atoms with Gasteiger partial charge >= 0.3 is 0 Å². The van der Waals surface area contributed by atoms with Crippen LogP contribution in [0.15, 0.2) is 23.8 Å². The first-order valence-electron chi connectivity index (χ1n) is 4.81. The minimum atomic E-state index is 0.0674. The molecule has 0 aromatic heterocycles. The zero-order valence-electron chi connectivity index (χ0n) is 8.80. The van der Waals surface area contributed by atoms with Gasteiger partial charge in [0.05, 0.1) is 16.7 Å². The van der Waals surface area contributed by atoms with Gasteiger partial charge in [-0.2, -0.15) is 0 Å². The molecule has 82 valence electrons. The molecule has 1 aromatic carbocycles. The number of rotatable bonds is 3. The Kier molecular flexibility index (Phi) is 4.65. The summed E-state index contributed by atoms with van der Waals surface area (Å²) in [5.41, 5.74) is 1.94. The monoisotopic (exact) mass is 244 g/mol. The fourth-order valence-electron chi connectivity index (χ4n) is 1.21. The van der Waals surface area contributed by atoms with Gasteiger partial charge in [0.25, 0.3) is 0 Å². The zero-order valence-corrected chi connectivity index (χ0v) is 10.3. The van der Waals surface area contributed by atoms with Gasteiger partial charge in [0.15, 0.2) is 0 Å². The second-order valence-corrected chi connectivity index (χ2v) is 4.52. The van der Waals surface area contributed by atoms with E-state index < -0.39 is 0 Å². The summed E-state index contributed by atoms with van der Waals surface area (Å²) in [4.78, 5) is 0. The van der Waals surface area contributed by atoms with Crippen molar-refractivity contribution in [3.63, 3.8) is 0 Å². The van der Waals surface area contributed by atoms with Crippen LogP contribution < -0.4 is 0 Å². The third-order valence-electron chi connectivity index (χ3n) is 2.22. The van der Waals surface area contributed by atoms with E-state index in [1.165, 1.54) is 0 Å². The molecule has 0 aliphatic heterocycles. The number of benzene rings is 1. The maximum atomic E-state index is 9.15. The standard InChI is InChI=1S/C12H14Cl2O/c1-8(2)10(7-15)5-9-3-4-11(13)12(14)6-9/h3-6,8,15H,7H2,1-2H3. The van der Waals surface area contributed by atoms with Crippen LogP contribution in [-0.2, 0) is 0 Å². The molecule has 15 heavy (non-hydrogen) atoms. The molecule has 0 heterocycles. The van der Waals surface area contributed by atoms with E-state index in [-0.39, 0.29) is 6.61 Å². The lowest BCUT2D eigenvalue weighted by Crippen LogP contribution is -1.98. The molecule has 0 aliphatic rings. The van der Waals surface area contributed by atoms with E-state index in [0.29, 0.717) is 16.0 Å². The highest BCUT2D eigenvalue weighted by Crippen LogP contribution is 2.24. The van der Waals surface area contributed by atoms with Crippen LogP contribution in [0.1, 0.15) is 19.4 Å². The predicted octanol–water partition coefficient (Wildman–Crippen LogP) is 4.03. The number of halogens is 2. The Hall–Kier alpha value is -0.500. The summed E-state index contributed by atoms with van der Waals surface area (Å²) in [7, 11) is 0. The fourth-order valence-corrected chi connectivity index (χ4v) is 1.52. The van der Waals surface area contributed by atoms with Gasteiger partial charge in [0.1, 0.15) is 0 Å². The first kappa shape index (κ1) is 12.6. The summed E-state index contributed by atoms with van der Waals surface area (Å²) >= 11 is 11.7. The SMILES string of the molecule is CC(C)C(=Cc1ccc(Cl)c(Cl)c1)CO. The van der Waals surface area contributed by atoms with Crippen molar-refractivity contribution in [2.75, 3.05) is 6.61 Å². The normalized spacial score (nSPS) is 12.3. The highest BCUT2D eigenvalue weighted by atomic mass is 35.5. The Labute approximate surface area is 100 Å². The van der Waals surface area contributed by atoms with Gasteiger partial charge in [-0.15, -0.1) is 0 Å². The van der Waals surface area contributed by atoms with Crippen LogP contribution in [0.3, 0.4) is 0 Å². The number of aliphatic hydroxyl groups is 1. The van der Waals surface area contributed by atoms with Crippen molar-refractivity contribution in [3.8, 4) is 0 Å². The Morgan fingerprint density at radius 3 is 2.47 bits per heavy atom. The van der Waals surface area contributed by atoms with E-state index in [9.17, 15) is 0 Å². The lowest BCUT2D eigenvalue weighted by molar-refractivity contribution is 0.320. The summed E-state index contributed by atoms with van der Waals surface area (Å²) in [6.07, 6.45) is 1.94. The summed E-state index contributed by atoms with van der Waals surface area (Å²) in [6.45, 7) is 4.15. The van der Waals surface area contributed by atoms with E-state index in [4.69, 9.17) is 28.3 Å². The van der Waals surface area contributed by atoms with Crippen molar-refractivity contribution in [3.05, 3.63) is 39.4 Å². The van der Waals surface area contributed by atoms with E-state index in [1.54, 1.807) is 12.1 Å². The third-order valence-corrected chi connectivity index (χ3v) is 2.96. The van der Waals surface area contributed by atoms with E-state index >= 15 is 0 Å². The molecule has 0 saturated carbocycles. The molecule has 0 saturated heterocycles. The minimum absolute atomic E-state index is 0.0674. The van der Waals surface area contributed by atoms with Crippen LogP contribution in [0.2, 0.25) is 10.0 Å². The molecule has 0 atom stereocenters. The summed E-state index contributed by atoms with van der Waals surface area (Å²) in [5, 5.41) is 10.2. The molecule has 0 bridgehead atoms. The molecule has 0 spiro atoms. The first-order chi connectivity index (χ1) is 7.04. The average Bonchev–Trinajstić information content (AvgIpc) is 2.19.